The molecule has 0 saturated carbocycles. The molecule has 0 saturated heterocycles. The Hall–Kier alpha value is -0.603. The molecule has 0 aliphatic carbocycles. The molecule has 2 heteroatoms. The minimum atomic E-state index is -0.186. The normalized spacial score (nSPS) is 11.6. The van der Waals surface area contributed by atoms with Gasteiger partial charge in [-0.05, 0) is 31.1 Å². The van der Waals surface area contributed by atoms with E-state index in [-0.39, 0.29) is 9.68 Å². The van der Waals surface area contributed by atoms with Crippen LogP contribution < -0.4 is 5.19 Å². The highest BCUT2D eigenvalue weighted by atomic mass is 28.2. The van der Waals surface area contributed by atoms with Crippen LogP contribution in [0.4, 0.5) is 0 Å². The summed E-state index contributed by atoms with van der Waals surface area (Å²) in [5.41, 5.74) is 0. The molecule has 0 aromatic heterocycles. The standard InChI is InChI=1S/C12H21NSi/c1-3-10-13(11-4-2)14-12-8-6-5-7-9-12/h5-9H,3-4,10-11,14H2,1-2H3. The average molecular weight is 207 g/mol. The SMILES string of the molecule is CCCN(CCC)[SiH2]c1ccccc1. The van der Waals surface area contributed by atoms with Crippen molar-refractivity contribution in [2.75, 3.05) is 13.1 Å². The molecular formula is C12H21NSi. The second-order valence-electron chi connectivity index (χ2n) is 3.76. The summed E-state index contributed by atoms with van der Waals surface area (Å²) >= 11 is 0. The molecule has 1 aromatic carbocycles. The van der Waals surface area contributed by atoms with Crippen molar-refractivity contribution in [1.29, 1.82) is 0 Å². The molecule has 0 amide bonds. The number of benzene rings is 1. The van der Waals surface area contributed by atoms with Crippen LogP contribution in [0.15, 0.2) is 30.3 Å². The van der Waals surface area contributed by atoms with E-state index in [4.69, 9.17) is 0 Å². The van der Waals surface area contributed by atoms with Gasteiger partial charge in [0.05, 0.1) is 0 Å². The third kappa shape index (κ3) is 4.07. The highest BCUT2D eigenvalue weighted by Crippen LogP contribution is 1.92. The van der Waals surface area contributed by atoms with Crippen LogP contribution in [0.25, 0.3) is 0 Å². The van der Waals surface area contributed by atoms with Gasteiger partial charge in [0.25, 0.3) is 0 Å². The van der Waals surface area contributed by atoms with Crippen molar-refractivity contribution in [2.24, 2.45) is 0 Å². The van der Waals surface area contributed by atoms with Crippen molar-refractivity contribution in [1.82, 2.24) is 4.57 Å². The van der Waals surface area contributed by atoms with Crippen molar-refractivity contribution < 1.29 is 0 Å². The molecule has 14 heavy (non-hydrogen) atoms. The molecule has 0 unspecified atom stereocenters. The zero-order valence-electron chi connectivity index (χ0n) is 9.37. The lowest BCUT2D eigenvalue weighted by Crippen LogP contribution is -2.36. The summed E-state index contributed by atoms with van der Waals surface area (Å²) in [7, 11) is -0.186. The summed E-state index contributed by atoms with van der Waals surface area (Å²) in [6, 6.07) is 10.9. The quantitative estimate of drug-likeness (QED) is 0.639. The van der Waals surface area contributed by atoms with Crippen LogP contribution >= 0.6 is 0 Å². The third-order valence-corrected chi connectivity index (χ3v) is 4.24. The van der Waals surface area contributed by atoms with Crippen LogP contribution in [0.5, 0.6) is 0 Å². The van der Waals surface area contributed by atoms with E-state index >= 15 is 0 Å². The molecule has 0 fully saturated rings. The van der Waals surface area contributed by atoms with Crippen LogP contribution in [0.2, 0.25) is 0 Å². The van der Waals surface area contributed by atoms with E-state index in [1.807, 2.05) is 0 Å². The topological polar surface area (TPSA) is 3.24 Å². The number of rotatable bonds is 6. The van der Waals surface area contributed by atoms with Crippen molar-refractivity contribution in [3.05, 3.63) is 30.3 Å². The van der Waals surface area contributed by atoms with Gasteiger partial charge < -0.3 is 4.57 Å². The van der Waals surface area contributed by atoms with Gasteiger partial charge in [0, 0.05) is 0 Å². The molecule has 0 aliphatic heterocycles. The number of hydrogen-bond acceptors (Lipinski definition) is 1. The Balaban J connectivity index is 2.46. The van der Waals surface area contributed by atoms with Crippen LogP contribution in [-0.4, -0.2) is 27.3 Å². The van der Waals surface area contributed by atoms with Gasteiger partial charge in [-0.1, -0.05) is 44.2 Å². The second-order valence-corrected chi connectivity index (χ2v) is 5.79. The minimum Gasteiger partial charge on any atom is -0.325 e. The van der Waals surface area contributed by atoms with Gasteiger partial charge in [-0.25, -0.2) is 0 Å². The predicted molar refractivity (Wildman–Crippen MR) is 66.8 cm³/mol. The lowest BCUT2D eigenvalue weighted by molar-refractivity contribution is 0.445. The fraction of sp³-hybridized carbons (Fsp3) is 0.500. The Morgan fingerprint density at radius 3 is 2.07 bits per heavy atom. The van der Waals surface area contributed by atoms with Crippen LogP contribution in [0, 0.1) is 0 Å². The van der Waals surface area contributed by atoms with Crippen molar-refractivity contribution >= 4 is 14.9 Å². The van der Waals surface area contributed by atoms with Gasteiger partial charge in [0.15, 0.2) is 0 Å². The smallest absolute Gasteiger partial charge is 0.127 e. The molecule has 0 heterocycles. The average Bonchev–Trinajstić information content (AvgIpc) is 2.20. The fourth-order valence-corrected chi connectivity index (χ4v) is 3.69. The first-order valence-corrected chi connectivity index (χ1v) is 6.97. The van der Waals surface area contributed by atoms with Crippen molar-refractivity contribution in [2.45, 2.75) is 26.7 Å². The molecule has 1 aromatic rings. The molecule has 78 valence electrons. The van der Waals surface area contributed by atoms with Gasteiger partial charge in [0.2, 0.25) is 0 Å². The van der Waals surface area contributed by atoms with Gasteiger partial charge in [-0.3, -0.25) is 0 Å². The summed E-state index contributed by atoms with van der Waals surface area (Å²) in [5.74, 6) is 0. The molecule has 0 bridgehead atoms. The summed E-state index contributed by atoms with van der Waals surface area (Å²) < 4.78 is 2.66. The predicted octanol–water partition coefficient (Wildman–Crippen LogP) is 1.52. The van der Waals surface area contributed by atoms with Gasteiger partial charge in [-0.15, -0.1) is 0 Å². The van der Waals surface area contributed by atoms with Crippen LogP contribution in [-0.2, 0) is 0 Å². The first-order valence-electron chi connectivity index (χ1n) is 5.63. The van der Waals surface area contributed by atoms with Gasteiger partial charge in [0.1, 0.15) is 9.68 Å². The molecular weight excluding hydrogens is 186 g/mol. The zero-order valence-corrected chi connectivity index (χ0v) is 10.8. The maximum absolute atomic E-state index is 2.66. The maximum atomic E-state index is 2.66. The Bertz CT molecular complexity index is 229. The summed E-state index contributed by atoms with van der Waals surface area (Å²) in [5, 5.41) is 1.56. The summed E-state index contributed by atoms with van der Waals surface area (Å²) in [4.78, 5) is 0. The molecule has 1 nitrogen and oxygen atoms in total. The minimum absolute atomic E-state index is 0.186. The molecule has 0 radical (unpaired) electrons. The summed E-state index contributed by atoms with van der Waals surface area (Å²) in [6.07, 6.45) is 2.56. The van der Waals surface area contributed by atoms with Crippen molar-refractivity contribution in [3.63, 3.8) is 0 Å². The van der Waals surface area contributed by atoms with E-state index in [0.29, 0.717) is 0 Å². The maximum Gasteiger partial charge on any atom is 0.127 e. The van der Waals surface area contributed by atoms with E-state index in [1.165, 1.54) is 25.9 Å². The molecule has 1 rings (SSSR count). The van der Waals surface area contributed by atoms with E-state index in [0.717, 1.165) is 0 Å². The number of nitrogens with zero attached hydrogens (tertiary/aromatic N) is 1. The summed E-state index contributed by atoms with van der Waals surface area (Å²) in [6.45, 7) is 7.08. The third-order valence-electron chi connectivity index (χ3n) is 2.33. The Morgan fingerprint density at radius 1 is 1.00 bits per heavy atom. The van der Waals surface area contributed by atoms with Gasteiger partial charge >= 0.3 is 0 Å². The molecule has 0 atom stereocenters. The Morgan fingerprint density at radius 2 is 1.57 bits per heavy atom. The fourth-order valence-electron chi connectivity index (χ4n) is 1.74. The monoisotopic (exact) mass is 207 g/mol. The second kappa shape index (κ2) is 6.79. The van der Waals surface area contributed by atoms with E-state index < -0.39 is 0 Å². The lowest BCUT2D eigenvalue weighted by atomic mass is 10.4. The van der Waals surface area contributed by atoms with Crippen LogP contribution in [0.1, 0.15) is 26.7 Å². The first kappa shape index (κ1) is 11.5. The number of hydrogen-bond donors (Lipinski definition) is 0. The van der Waals surface area contributed by atoms with E-state index in [1.54, 1.807) is 5.19 Å². The molecule has 0 N–H and O–H groups in total. The molecule has 0 aliphatic rings. The van der Waals surface area contributed by atoms with Crippen LogP contribution in [0.3, 0.4) is 0 Å². The lowest BCUT2D eigenvalue weighted by Gasteiger charge is -2.20. The Labute approximate surface area is 90.0 Å². The van der Waals surface area contributed by atoms with E-state index in [2.05, 4.69) is 48.7 Å². The Kier molecular flexibility index (Phi) is 5.57. The largest absolute Gasteiger partial charge is 0.325 e. The first-order chi connectivity index (χ1) is 6.86. The zero-order chi connectivity index (χ0) is 10.2. The van der Waals surface area contributed by atoms with E-state index in [9.17, 15) is 0 Å². The van der Waals surface area contributed by atoms with Gasteiger partial charge in [-0.2, -0.15) is 0 Å². The molecule has 0 spiro atoms. The van der Waals surface area contributed by atoms with Crippen molar-refractivity contribution in [3.8, 4) is 0 Å². The highest BCUT2D eigenvalue weighted by Gasteiger charge is 2.03. The highest BCUT2D eigenvalue weighted by molar-refractivity contribution is 6.50.